The van der Waals surface area contributed by atoms with E-state index in [1.807, 2.05) is 10.3 Å². The second kappa shape index (κ2) is 5.60. The third-order valence-electron chi connectivity index (χ3n) is 1.45. The van der Waals surface area contributed by atoms with Crippen LogP contribution in [0.2, 0.25) is 0 Å². The largest absolute Gasteiger partial charge is 0.290 e. The van der Waals surface area contributed by atoms with Crippen molar-refractivity contribution in [2.24, 2.45) is 0 Å². The molecule has 1 aromatic heterocycles. The molecular weight excluding hydrogens is 303 g/mol. The van der Waals surface area contributed by atoms with Crippen molar-refractivity contribution < 1.29 is 21.2 Å². The van der Waals surface area contributed by atoms with Crippen LogP contribution in [0.4, 0.5) is 16.2 Å². The number of aromatic nitrogens is 2. The van der Waals surface area contributed by atoms with Gasteiger partial charge >= 0.3 is 0 Å². The Labute approximate surface area is 108 Å². The monoisotopic (exact) mass is 314 g/mol. The lowest BCUT2D eigenvalue weighted by molar-refractivity contribution is 0.591. The van der Waals surface area contributed by atoms with E-state index in [0.29, 0.717) is 0 Å². The van der Waals surface area contributed by atoms with Crippen LogP contribution in [0.1, 0.15) is 0 Å². The molecule has 10 nitrogen and oxygen atoms in total. The molecule has 1 aromatic rings. The molecule has 0 atom stereocenters. The van der Waals surface area contributed by atoms with Gasteiger partial charge in [0.25, 0.3) is 0 Å². The molecule has 0 amide bonds. The lowest BCUT2D eigenvalue weighted by atomic mass is 10.5. The summed E-state index contributed by atoms with van der Waals surface area (Å²) in [7, 11) is -7.16. The highest BCUT2D eigenvalue weighted by Crippen LogP contribution is 2.10. The Hall–Kier alpha value is -1.57. The number of nitrogens with one attached hydrogen (secondary N) is 4. The van der Waals surface area contributed by atoms with Gasteiger partial charge in [-0.25, -0.2) is 26.2 Å². The molecule has 4 N–H and O–H groups in total. The van der Waals surface area contributed by atoms with E-state index in [9.17, 15) is 21.2 Å². The quantitative estimate of drug-likeness (QED) is 0.458. The summed E-state index contributed by atoms with van der Waals surface area (Å²) in [5, 5.41) is 0. The predicted octanol–water partition coefficient (Wildman–Crippen LogP) is -1.63. The number of hydrogen-bond donors (Lipinski definition) is 4. The van der Waals surface area contributed by atoms with E-state index < -0.39 is 31.7 Å². The fourth-order valence-electron chi connectivity index (χ4n) is 0.794. The van der Waals surface area contributed by atoms with Crippen LogP contribution in [0.15, 0.2) is 6.20 Å². The average Bonchev–Trinajstić information content (AvgIpc) is 2.24. The Morgan fingerprint density at radius 1 is 1.05 bits per heavy atom. The zero-order chi connectivity index (χ0) is 14.7. The molecule has 0 saturated carbocycles. The summed E-state index contributed by atoms with van der Waals surface area (Å²) in [4.78, 5) is 10.6. The van der Waals surface area contributed by atoms with Gasteiger partial charge in [-0.2, -0.15) is 4.98 Å². The van der Waals surface area contributed by atoms with Gasteiger partial charge < -0.3 is 0 Å². The summed E-state index contributed by atoms with van der Waals surface area (Å²) in [5.41, 5.74) is 4.11. The SMILES string of the molecule is CS(=O)(=O)NNc1ncc(F)c(NNS(C)(=O)=O)n1. The Morgan fingerprint density at radius 2 is 1.58 bits per heavy atom. The molecule has 19 heavy (non-hydrogen) atoms. The molecule has 0 aliphatic carbocycles. The third-order valence-corrected chi connectivity index (χ3v) is 2.39. The molecule has 0 fully saturated rings. The van der Waals surface area contributed by atoms with Crippen molar-refractivity contribution in [1.29, 1.82) is 0 Å². The molecule has 0 spiro atoms. The molecule has 1 heterocycles. The molecule has 13 heteroatoms. The first-order valence-corrected chi connectivity index (χ1v) is 8.33. The maximum absolute atomic E-state index is 13.2. The van der Waals surface area contributed by atoms with Gasteiger partial charge in [-0.05, 0) is 0 Å². The lowest BCUT2D eigenvalue weighted by Gasteiger charge is -2.09. The van der Waals surface area contributed by atoms with Crippen molar-refractivity contribution in [1.82, 2.24) is 19.6 Å². The lowest BCUT2D eigenvalue weighted by Crippen LogP contribution is -2.31. The van der Waals surface area contributed by atoms with Gasteiger partial charge in [0.1, 0.15) is 0 Å². The van der Waals surface area contributed by atoms with E-state index in [2.05, 4.69) is 15.4 Å². The van der Waals surface area contributed by atoms with E-state index in [4.69, 9.17) is 0 Å². The molecular formula is C6H11FN6O4S2. The Bertz CT molecular complexity index is 660. The smallest absolute Gasteiger partial charge is 0.240 e. The normalized spacial score (nSPS) is 12.2. The first kappa shape index (κ1) is 15.5. The van der Waals surface area contributed by atoms with Crippen molar-refractivity contribution in [3.8, 4) is 0 Å². The minimum absolute atomic E-state index is 0.273. The van der Waals surface area contributed by atoms with Crippen LogP contribution >= 0.6 is 0 Å². The number of sulfonamides is 2. The fraction of sp³-hybridized carbons (Fsp3) is 0.333. The molecule has 0 aromatic carbocycles. The van der Waals surface area contributed by atoms with Gasteiger partial charge in [-0.15, -0.1) is 9.66 Å². The van der Waals surface area contributed by atoms with Gasteiger partial charge in [0.05, 0.1) is 18.7 Å². The average molecular weight is 314 g/mol. The second-order valence-corrected chi connectivity index (χ2v) is 6.89. The summed E-state index contributed by atoms with van der Waals surface area (Å²) < 4.78 is 56.5. The van der Waals surface area contributed by atoms with Gasteiger partial charge in [-0.3, -0.25) is 10.9 Å². The summed E-state index contributed by atoms with van der Waals surface area (Å²) in [6, 6.07) is 0. The highest BCUT2D eigenvalue weighted by molar-refractivity contribution is 7.89. The fourth-order valence-corrected chi connectivity index (χ4v) is 1.35. The second-order valence-electron chi connectivity index (χ2n) is 3.39. The predicted molar refractivity (Wildman–Crippen MR) is 65.2 cm³/mol. The molecule has 0 saturated heterocycles. The molecule has 0 aliphatic heterocycles. The Morgan fingerprint density at radius 3 is 2.11 bits per heavy atom. The number of anilines is 2. The number of nitrogens with zero attached hydrogens (tertiary/aromatic N) is 2. The number of rotatable bonds is 6. The van der Waals surface area contributed by atoms with Crippen LogP contribution in [0.5, 0.6) is 0 Å². The van der Waals surface area contributed by atoms with Crippen LogP contribution < -0.4 is 20.5 Å². The standard InChI is InChI=1S/C6H11FN6O4S2/c1-18(14,15)12-10-5-4(7)3-8-6(9-5)11-13-19(2,16)17/h3,12-13H,1-2H3,(H2,8,9,10,11). The Kier molecular flexibility index (Phi) is 4.56. The van der Waals surface area contributed by atoms with Crippen molar-refractivity contribution >= 4 is 31.8 Å². The molecule has 1 rings (SSSR count). The van der Waals surface area contributed by atoms with E-state index in [-0.39, 0.29) is 5.95 Å². The van der Waals surface area contributed by atoms with E-state index in [1.54, 1.807) is 4.83 Å². The van der Waals surface area contributed by atoms with Crippen LogP contribution in [-0.2, 0) is 20.0 Å². The third kappa shape index (κ3) is 6.23. The van der Waals surface area contributed by atoms with Crippen molar-refractivity contribution in [3.63, 3.8) is 0 Å². The maximum atomic E-state index is 13.2. The van der Waals surface area contributed by atoms with Crippen molar-refractivity contribution in [2.45, 2.75) is 0 Å². The molecule has 0 aliphatic rings. The molecule has 0 unspecified atom stereocenters. The van der Waals surface area contributed by atoms with E-state index in [1.165, 1.54) is 0 Å². The first-order chi connectivity index (χ1) is 8.57. The minimum atomic E-state index is -3.61. The highest BCUT2D eigenvalue weighted by Gasteiger charge is 2.09. The van der Waals surface area contributed by atoms with Gasteiger partial charge in [0.15, 0.2) is 11.6 Å². The number of hydrazine groups is 2. The van der Waals surface area contributed by atoms with Crippen LogP contribution in [0.25, 0.3) is 0 Å². The van der Waals surface area contributed by atoms with Crippen LogP contribution in [-0.4, -0.2) is 39.3 Å². The summed E-state index contributed by atoms with van der Waals surface area (Å²) in [6.45, 7) is 0. The van der Waals surface area contributed by atoms with Crippen molar-refractivity contribution in [2.75, 3.05) is 23.4 Å². The summed E-state index contributed by atoms with van der Waals surface area (Å²) in [5.74, 6) is -1.68. The maximum Gasteiger partial charge on any atom is 0.240 e. The van der Waals surface area contributed by atoms with Crippen molar-refractivity contribution in [3.05, 3.63) is 12.0 Å². The van der Waals surface area contributed by atoms with Gasteiger partial charge in [0.2, 0.25) is 26.0 Å². The number of hydrogen-bond acceptors (Lipinski definition) is 8. The summed E-state index contributed by atoms with van der Waals surface area (Å²) >= 11 is 0. The topological polar surface area (TPSA) is 142 Å². The summed E-state index contributed by atoms with van der Waals surface area (Å²) in [6.07, 6.45) is 2.46. The zero-order valence-corrected chi connectivity index (χ0v) is 11.4. The molecule has 108 valence electrons. The number of halogens is 1. The Balaban J connectivity index is 2.82. The minimum Gasteiger partial charge on any atom is -0.290 e. The van der Waals surface area contributed by atoms with Gasteiger partial charge in [0, 0.05) is 0 Å². The van der Waals surface area contributed by atoms with Crippen LogP contribution in [0, 0.1) is 5.82 Å². The zero-order valence-electron chi connectivity index (χ0n) is 9.80. The molecule has 0 radical (unpaired) electrons. The molecule has 0 bridgehead atoms. The van der Waals surface area contributed by atoms with E-state index >= 15 is 0 Å². The highest BCUT2D eigenvalue weighted by atomic mass is 32.2. The first-order valence-electron chi connectivity index (χ1n) is 4.55. The van der Waals surface area contributed by atoms with Gasteiger partial charge in [-0.1, -0.05) is 0 Å². The van der Waals surface area contributed by atoms with E-state index in [0.717, 1.165) is 18.7 Å². The van der Waals surface area contributed by atoms with Crippen LogP contribution in [0.3, 0.4) is 0 Å².